The molecule has 5 heteroatoms. The van der Waals surface area contributed by atoms with Gasteiger partial charge in [0, 0.05) is 38.9 Å². The fraction of sp³-hybridized carbons (Fsp3) is 0.261. The van der Waals surface area contributed by atoms with Crippen LogP contribution in [0, 0.1) is 0 Å². The molecule has 0 saturated carbocycles. The SMILES string of the molecule is [B]c1ccc(C(Sc2ncccc2CN2CCNCC2)c2ccccc2)cc1. The van der Waals surface area contributed by atoms with Gasteiger partial charge in [-0.3, -0.25) is 4.90 Å². The van der Waals surface area contributed by atoms with Crippen LogP contribution in [0.5, 0.6) is 0 Å². The smallest absolute Gasteiger partial charge is 0.113 e. The van der Waals surface area contributed by atoms with Crippen molar-refractivity contribution in [3.05, 3.63) is 89.6 Å². The van der Waals surface area contributed by atoms with Crippen molar-refractivity contribution in [2.75, 3.05) is 26.2 Å². The number of nitrogens with one attached hydrogen (secondary N) is 1. The molecular weight excluding hydrogens is 361 g/mol. The van der Waals surface area contributed by atoms with E-state index in [0.29, 0.717) is 0 Å². The predicted molar refractivity (Wildman–Crippen MR) is 118 cm³/mol. The number of pyridine rings is 1. The summed E-state index contributed by atoms with van der Waals surface area (Å²) in [5.74, 6) is 0. The number of hydrogen-bond acceptors (Lipinski definition) is 4. The normalized spacial score (nSPS) is 16.0. The first-order valence-corrected chi connectivity index (χ1v) is 10.6. The number of hydrogen-bond donors (Lipinski definition) is 1. The Morgan fingerprint density at radius 3 is 2.39 bits per heavy atom. The molecule has 2 radical (unpaired) electrons. The first-order valence-electron chi connectivity index (χ1n) is 9.73. The van der Waals surface area contributed by atoms with Gasteiger partial charge in [-0.15, -0.1) is 0 Å². The average Bonchev–Trinajstić information content (AvgIpc) is 2.75. The Balaban J connectivity index is 1.62. The predicted octanol–water partition coefficient (Wildman–Crippen LogP) is 3.16. The maximum Gasteiger partial charge on any atom is 0.113 e. The highest BCUT2D eigenvalue weighted by Crippen LogP contribution is 2.40. The maximum absolute atomic E-state index is 5.92. The van der Waals surface area contributed by atoms with Gasteiger partial charge in [0.05, 0.1) is 5.25 Å². The van der Waals surface area contributed by atoms with Crippen LogP contribution in [-0.2, 0) is 6.54 Å². The van der Waals surface area contributed by atoms with Gasteiger partial charge in [-0.1, -0.05) is 77.9 Å². The van der Waals surface area contributed by atoms with Crippen LogP contribution in [0.4, 0.5) is 0 Å². The molecule has 1 fully saturated rings. The first-order chi connectivity index (χ1) is 13.8. The van der Waals surface area contributed by atoms with Gasteiger partial charge >= 0.3 is 0 Å². The molecule has 1 unspecified atom stereocenters. The number of piperazine rings is 1. The molecule has 1 aliphatic heterocycles. The maximum atomic E-state index is 5.92. The van der Waals surface area contributed by atoms with Gasteiger partial charge < -0.3 is 5.32 Å². The Morgan fingerprint density at radius 1 is 0.929 bits per heavy atom. The second-order valence-corrected chi connectivity index (χ2v) is 8.16. The number of rotatable bonds is 6. The van der Waals surface area contributed by atoms with E-state index in [2.05, 4.69) is 58.7 Å². The van der Waals surface area contributed by atoms with Crippen LogP contribution >= 0.6 is 11.8 Å². The van der Waals surface area contributed by atoms with Gasteiger partial charge in [-0.2, -0.15) is 0 Å². The monoisotopic (exact) mass is 385 g/mol. The molecule has 0 spiro atoms. The average molecular weight is 385 g/mol. The number of thioether (sulfide) groups is 1. The quantitative estimate of drug-likeness (QED) is 0.521. The van der Waals surface area contributed by atoms with Crippen molar-refractivity contribution >= 4 is 25.1 Å². The molecule has 2 aromatic carbocycles. The third-order valence-corrected chi connectivity index (χ3v) is 6.40. The summed E-state index contributed by atoms with van der Waals surface area (Å²) in [6, 6.07) is 23.1. The van der Waals surface area contributed by atoms with Crippen molar-refractivity contribution in [3.63, 3.8) is 0 Å². The minimum atomic E-state index is 0.179. The zero-order chi connectivity index (χ0) is 19.2. The highest BCUT2D eigenvalue weighted by Gasteiger charge is 2.19. The van der Waals surface area contributed by atoms with Gasteiger partial charge in [0.2, 0.25) is 0 Å². The summed E-state index contributed by atoms with van der Waals surface area (Å²) < 4.78 is 0. The van der Waals surface area contributed by atoms with Crippen LogP contribution in [0.15, 0.2) is 78.0 Å². The molecule has 28 heavy (non-hydrogen) atoms. The van der Waals surface area contributed by atoms with E-state index in [4.69, 9.17) is 12.8 Å². The zero-order valence-corrected chi connectivity index (χ0v) is 16.7. The summed E-state index contributed by atoms with van der Waals surface area (Å²) in [4.78, 5) is 7.25. The topological polar surface area (TPSA) is 28.2 Å². The van der Waals surface area contributed by atoms with E-state index in [-0.39, 0.29) is 5.25 Å². The van der Waals surface area contributed by atoms with E-state index >= 15 is 0 Å². The molecule has 3 aromatic rings. The molecule has 1 N–H and O–H groups in total. The third-order valence-electron chi connectivity index (χ3n) is 5.02. The van der Waals surface area contributed by atoms with Crippen molar-refractivity contribution in [2.45, 2.75) is 16.8 Å². The zero-order valence-electron chi connectivity index (χ0n) is 15.9. The lowest BCUT2D eigenvalue weighted by Gasteiger charge is -2.28. The van der Waals surface area contributed by atoms with Crippen molar-refractivity contribution in [2.24, 2.45) is 0 Å². The number of aromatic nitrogens is 1. The highest BCUT2D eigenvalue weighted by molar-refractivity contribution is 7.99. The van der Waals surface area contributed by atoms with Gasteiger partial charge in [-0.25, -0.2) is 4.98 Å². The van der Waals surface area contributed by atoms with Crippen molar-refractivity contribution in [3.8, 4) is 0 Å². The highest BCUT2D eigenvalue weighted by atomic mass is 32.2. The summed E-state index contributed by atoms with van der Waals surface area (Å²) in [6.45, 7) is 5.22. The largest absolute Gasteiger partial charge is 0.314 e. The van der Waals surface area contributed by atoms with E-state index in [1.165, 1.54) is 16.7 Å². The van der Waals surface area contributed by atoms with Gasteiger partial charge in [0.1, 0.15) is 12.9 Å². The molecule has 1 saturated heterocycles. The van der Waals surface area contributed by atoms with E-state index in [9.17, 15) is 0 Å². The van der Waals surface area contributed by atoms with Crippen molar-refractivity contribution in [1.82, 2.24) is 15.2 Å². The summed E-state index contributed by atoms with van der Waals surface area (Å²) in [7, 11) is 5.92. The molecule has 1 atom stereocenters. The number of nitrogens with zero attached hydrogens (tertiary/aromatic N) is 2. The summed E-state index contributed by atoms with van der Waals surface area (Å²) in [6.07, 6.45) is 1.90. The van der Waals surface area contributed by atoms with Gasteiger partial charge in [-0.05, 0) is 22.8 Å². The minimum absolute atomic E-state index is 0.179. The fourth-order valence-corrected chi connectivity index (χ4v) is 4.71. The number of benzene rings is 2. The standard InChI is InChI=1S/C23H24BN3S/c24-21-10-8-19(9-11-21)22(18-5-2-1-3-6-18)28-23-20(7-4-12-26-23)17-27-15-13-25-14-16-27/h1-12,22,25H,13-17H2. The molecule has 4 rings (SSSR count). The summed E-state index contributed by atoms with van der Waals surface area (Å²) in [5.41, 5.74) is 4.60. The Morgan fingerprint density at radius 2 is 1.64 bits per heavy atom. The Bertz CT molecular complexity index is 880. The molecule has 3 nitrogen and oxygen atoms in total. The lowest BCUT2D eigenvalue weighted by Crippen LogP contribution is -2.43. The Hall–Kier alpha value is -2.08. The Labute approximate surface area is 173 Å². The van der Waals surface area contributed by atoms with Crippen molar-refractivity contribution in [1.29, 1.82) is 0 Å². The molecule has 1 aliphatic rings. The van der Waals surface area contributed by atoms with E-state index in [0.717, 1.165) is 43.2 Å². The van der Waals surface area contributed by atoms with Crippen molar-refractivity contribution < 1.29 is 0 Å². The molecular formula is C23H24BN3S. The second-order valence-electron chi connectivity index (χ2n) is 7.07. The van der Waals surface area contributed by atoms with Gasteiger partial charge in [0.15, 0.2) is 0 Å². The van der Waals surface area contributed by atoms with Crippen LogP contribution < -0.4 is 10.8 Å². The Kier molecular flexibility index (Phi) is 6.47. The van der Waals surface area contributed by atoms with Crippen LogP contribution in [0.2, 0.25) is 0 Å². The summed E-state index contributed by atoms with van der Waals surface area (Å²) in [5, 5.41) is 4.70. The molecule has 0 bridgehead atoms. The molecule has 0 aliphatic carbocycles. The molecule has 2 heterocycles. The van der Waals surface area contributed by atoms with E-state index in [1.54, 1.807) is 0 Å². The lowest BCUT2D eigenvalue weighted by atomic mass is 9.94. The third kappa shape index (κ3) is 4.85. The van der Waals surface area contributed by atoms with E-state index in [1.807, 2.05) is 36.2 Å². The lowest BCUT2D eigenvalue weighted by molar-refractivity contribution is 0.231. The fourth-order valence-electron chi connectivity index (χ4n) is 3.50. The minimum Gasteiger partial charge on any atom is -0.314 e. The van der Waals surface area contributed by atoms with Crippen LogP contribution in [0.25, 0.3) is 0 Å². The van der Waals surface area contributed by atoms with Gasteiger partial charge in [0.25, 0.3) is 0 Å². The van der Waals surface area contributed by atoms with Crippen LogP contribution in [-0.4, -0.2) is 43.9 Å². The second kappa shape index (κ2) is 9.42. The van der Waals surface area contributed by atoms with E-state index < -0.39 is 0 Å². The molecule has 140 valence electrons. The first kappa shape index (κ1) is 19.3. The summed E-state index contributed by atoms with van der Waals surface area (Å²) >= 11 is 1.82. The molecule has 1 aromatic heterocycles. The van der Waals surface area contributed by atoms with Crippen LogP contribution in [0.3, 0.4) is 0 Å². The molecule has 0 amide bonds. The van der Waals surface area contributed by atoms with Crippen LogP contribution in [0.1, 0.15) is 21.9 Å².